The van der Waals surface area contributed by atoms with E-state index in [1.165, 1.54) is 0 Å². The molecule has 3 rings (SSSR count). The third-order valence-corrected chi connectivity index (χ3v) is 3.09. The smallest absolute Gasteiger partial charge is 0.166 e. The predicted octanol–water partition coefficient (Wildman–Crippen LogP) is 1.68. The Hall–Kier alpha value is -1.84. The van der Waals surface area contributed by atoms with E-state index < -0.39 is 0 Å². The van der Waals surface area contributed by atoms with E-state index in [9.17, 15) is 9.59 Å². The average Bonchev–Trinajstić information content (AvgIpc) is 2.28. The van der Waals surface area contributed by atoms with Crippen molar-refractivity contribution in [3.05, 3.63) is 23.3 Å². The van der Waals surface area contributed by atoms with Crippen molar-refractivity contribution >= 4 is 22.9 Å². The first-order valence-corrected chi connectivity index (χ1v) is 5.48. The zero-order valence-corrected chi connectivity index (χ0v) is 8.80. The fourth-order valence-corrected chi connectivity index (χ4v) is 2.24. The largest absolute Gasteiger partial charge is 0.384 e. The summed E-state index contributed by atoms with van der Waals surface area (Å²) in [5.74, 6) is 0.241. The number of rotatable bonds is 0. The van der Waals surface area contributed by atoms with Gasteiger partial charge in [-0.25, -0.2) is 0 Å². The van der Waals surface area contributed by atoms with Gasteiger partial charge in [-0.05, 0) is 12.1 Å². The Balaban J connectivity index is 2.18. The number of nitrogens with one attached hydrogen (secondary N) is 2. The number of fused-ring (bicyclic) bond motifs is 2. The van der Waals surface area contributed by atoms with Crippen LogP contribution in [0.25, 0.3) is 0 Å². The Bertz CT molecular complexity index is 453. The Kier molecular flexibility index (Phi) is 1.96. The van der Waals surface area contributed by atoms with E-state index in [1.807, 2.05) is 6.07 Å². The topological polar surface area (TPSA) is 58.2 Å². The molecule has 1 aromatic rings. The van der Waals surface area contributed by atoms with Crippen molar-refractivity contribution in [1.29, 1.82) is 0 Å². The number of hydrogen-bond donors (Lipinski definition) is 2. The quantitative estimate of drug-likeness (QED) is 0.692. The first-order valence-electron chi connectivity index (χ1n) is 5.48. The Morgan fingerprint density at radius 3 is 1.81 bits per heavy atom. The molecule has 2 aliphatic rings. The number of anilines is 2. The van der Waals surface area contributed by atoms with Gasteiger partial charge in [-0.1, -0.05) is 0 Å². The van der Waals surface area contributed by atoms with Crippen molar-refractivity contribution in [3.8, 4) is 0 Å². The van der Waals surface area contributed by atoms with Gasteiger partial charge in [0.05, 0.1) is 0 Å². The Morgan fingerprint density at radius 1 is 0.812 bits per heavy atom. The number of Topliss-reactive ketones (excluding diaryl/α,β-unsaturated/α-hetero) is 2. The molecule has 0 amide bonds. The highest BCUT2D eigenvalue weighted by atomic mass is 16.1. The summed E-state index contributed by atoms with van der Waals surface area (Å²) in [6.45, 7) is 1.36. The molecule has 0 atom stereocenters. The molecule has 4 heteroatoms. The van der Waals surface area contributed by atoms with Gasteiger partial charge in [-0.15, -0.1) is 0 Å². The molecular formula is C12H12N2O2. The van der Waals surface area contributed by atoms with Crippen LogP contribution in [0, 0.1) is 0 Å². The minimum absolute atomic E-state index is 0.120. The lowest BCUT2D eigenvalue weighted by molar-refractivity contribution is 0.0983. The van der Waals surface area contributed by atoms with Crippen LogP contribution in [0.4, 0.5) is 11.4 Å². The van der Waals surface area contributed by atoms with Gasteiger partial charge in [0.15, 0.2) is 11.6 Å². The fraction of sp³-hybridized carbons (Fsp3) is 0.333. The molecule has 0 radical (unpaired) electrons. The van der Waals surface area contributed by atoms with Gasteiger partial charge in [-0.2, -0.15) is 0 Å². The van der Waals surface area contributed by atoms with Crippen LogP contribution in [0.3, 0.4) is 0 Å². The highest BCUT2D eigenvalue weighted by Crippen LogP contribution is 2.31. The van der Waals surface area contributed by atoms with Gasteiger partial charge in [0, 0.05) is 48.4 Å². The van der Waals surface area contributed by atoms with Gasteiger partial charge in [0.2, 0.25) is 0 Å². The zero-order chi connectivity index (χ0) is 11.1. The third kappa shape index (κ3) is 1.30. The van der Waals surface area contributed by atoms with E-state index in [1.54, 1.807) is 6.07 Å². The van der Waals surface area contributed by atoms with Crippen LogP contribution in [-0.4, -0.2) is 24.7 Å². The highest BCUT2D eigenvalue weighted by molar-refractivity contribution is 6.10. The lowest BCUT2D eigenvalue weighted by atomic mass is 9.94. The molecule has 82 valence electrons. The summed E-state index contributed by atoms with van der Waals surface area (Å²) in [5.41, 5.74) is 3.00. The summed E-state index contributed by atoms with van der Waals surface area (Å²) >= 11 is 0. The Labute approximate surface area is 93.0 Å². The molecule has 1 aromatic carbocycles. The van der Waals surface area contributed by atoms with Crippen molar-refractivity contribution in [3.63, 3.8) is 0 Å². The van der Waals surface area contributed by atoms with Gasteiger partial charge in [0.25, 0.3) is 0 Å². The summed E-state index contributed by atoms with van der Waals surface area (Å²) in [4.78, 5) is 23.4. The molecule has 0 fully saturated rings. The normalized spacial score (nSPS) is 18.2. The standard InChI is InChI=1S/C12H12N2O2/c15-11-1-3-13-9-6-10-8(5-7(9)11)12(16)2-4-14-10/h5-6,13-14H,1-4H2. The predicted molar refractivity (Wildman–Crippen MR) is 61.3 cm³/mol. The van der Waals surface area contributed by atoms with Crippen molar-refractivity contribution in [2.24, 2.45) is 0 Å². The molecule has 0 saturated heterocycles. The number of carbonyl (C=O) groups excluding carboxylic acids is 2. The molecule has 0 unspecified atom stereocenters. The van der Waals surface area contributed by atoms with Crippen LogP contribution in [0.2, 0.25) is 0 Å². The second-order valence-electron chi connectivity index (χ2n) is 4.14. The molecule has 4 nitrogen and oxygen atoms in total. The van der Waals surface area contributed by atoms with Gasteiger partial charge < -0.3 is 10.6 Å². The van der Waals surface area contributed by atoms with E-state index in [4.69, 9.17) is 0 Å². The molecular weight excluding hydrogens is 204 g/mol. The van der Waals surface area contributed by atoms with Gasteiger partial charge in [-0.3, -0.25) is 9.59 Å². The van der Waals surface area contributed by atoms with Gasteiger partial charge in [0.1, 0.15) is 0 Å². The highest BCUT2D eigenvalue weighted by Gasteiger charge is 2.23. The molecule has 2 aliphatic heterocycles. The lowest BCUT2D eigenvalue weighted by Crippen LogP contribution is -2.22. The number of benzene rings is 1. The molecule has 0 spiro atoms. The molecule has 16 heavy (non-hydrogen) atoms. The maximum atomic E-state index is 11.7. The lowest BCUT2D eigenvalue weighted by Gasteiger charge is -2.23. The second kappa shape index (κ2) is 3.33. The van der Waals surface area contributed by atoms with Crippen LogP contribution in [0.5, 0.6) is 0 Å². The minimum Gasteiger partial charge on any atom is -0.384 e. The summed E-state index contributed by atoms with van der Waals surface area (Å²) in [6.07, 6.45) is 1.01. The fourth-order valence-electron chi connectivity index (χ4n) is 2.24. The van der Waals surface area contributed by atoms with Crippen molar-refractivity contribution in [2.45, 2.75) is 12.8 Å². The van der Waals surface area contributed by atoms with Crippen LogP contribution < -0.4 is 10.6 Å². The maximum Gasteiger partial charge on any atom is 0.166 e. The molecule has 0 aliphatic carbocycles. The van der Waals surface area contributed by atoms with E-state index in [0.717, 1.165) is 11.4 Å². The van der Waals surface area contributed by atoms with E-state index >= 15 is 0 Å². The van der Waals surface area contributed by atoms with Crippen molar-refractivity contribution in [2.75, 3.05) is 23.7 Å². The number of carbonyl (C=O) groups is 2. The van der Waals surface area contributed by atoms with Crippen LogP contribution in [0.15, 0.2) is 12.1 Å². The minimum atomic E-state index is 0.120. The van der Waals surface area contributed by atoms with Crippen LogP contribution >= 0.6 is 0 Å². The van der Waals surface area contributed by atoms with Crippen molar-refractivity contribution < 1.29 is 9.59 Å². The van der Waals surface area contributed by atoms with Crippen LogP contribution in [0.1, 0.15) is 33.6 Å². The molecule has 2 heterocycles. The third-order valence-electron chi connectivity index (χ3n) is 3.09. The molecule has 0 aromatic heterocycles. The first-order chi connectivity index (χ1) is 7.75. The zero-order valence-electron chi connectivity index (χ0n) is 8.80. The Morgan fingerprint density at radius 2 is 1.31 bits per heavy atom. The molecule has 2 N–H and O–H groups in total. The van der Waals surface area contributed by atoms with E-state index in [-0.39, 0.29) is 11.6 Å². The van der Waals surface area contributed by atoms with E-state index in [0.29, 0.717) is 37.1 Å². The molecule has 0 saturated carbocycles. The molecule has 0 bridgehead atoms. The summed E-state index contributed by atoms with van der Waals surface area (Å²) < 4.78 is 0. The van der Waals surface area contributed by atoms with Crippen LogP contribution in [-0.2, 0) is 0 Å². The van der Waals surface area contributed by atoms with E-state index in [2.05, 4.69) is 10.6 Å². The number of hydrogen-bond acceptors (Lipinski definition) is 4. The van der Waals surface area contributed by atoms with Gasteiger partial charge >= 0.3 is 0 Å². The number of ketones is 2. The monoisotopic (exact) mass is 216 g/mol. The summed E-state index contributed by atoms with van der Waals surface area (Å²) in [7, 11) is 0. The first kappa shape index (κ1) is 9.39. The second-order valence-corrected chi connectivity index (χ2v) is 4.14. The maximum absolute atomic E-state index is 11.7. The SMILES string of the molecule is O=C1CCNc2cc3c(cc21)C(=O)CCN3. The summed E-state index contributed by atoms with van der Waals surface area (Å²) in [6, 6.07) is 3.60. The average molecular weight is 216 g/mol. The van der Waals surface area contributed by atoms with Crippen molar-refractivity contribution in [1.82, 2.24) is 0 Å². The summed E-state index contributed by atoms with van der Waals surface area (Å²) in [5, 5.41) is 6.37.